The number of esters is 1. The van der Waals surface area contributed by atoms with Crippen LogP contribution in [0.15, 0.2) is 36.5 Å². The van der Waals surface area contributed by atoms with E-state index in [1.165, 1.54) is 26.3 Å². The Morgan fingerprint density at radius 2 is 1.91 bits per heavy atom. The van der Waals surface area contributed by atoms with Crippen molar-refractivity contribution in [2.75, 3.05) is 25.7 Å². The zero-order chi connectivity index (χ0) is 25.3. The topological polar surface area (TPSA) is 97.5 Å². The molecule has 2 heterocycles. The molecule has 0 unspecified atom stereocenters. The monoisotopic (exact) mass is 490 g/mol. The van der Waals surface area contributed by atoms with Crippen LogP contribution < -0.4 is 4.90 Å². The summed E-state index contributed by atoms with van der Waals surface area (Å²) in [5, 5.41) is 14.6. The molecular formula is C24H25F3N4O4. The number of nitrogens with zero attached hydrogens (tertiary/aromatic N) is 4. The van der Waals surface area contributed by atoms with Crippen molar-refractivity contribution in [1.29, 1.82) is 0 Å². The Bertz CT molecular complexity index is 1250. The van der Waals surface area contributed by atoms with Gasteiger partial charge in [0.25, 0.3) is 5.91 Å². The molecule has 1 aromatic carbocycles. The third-order valence-electron chi connectivity index (χ3n) is 6.42. The Morgan fingerprint density at radius 1 is 1.20 bits per heavy atom. The first-order valence-corrected chi connectivity index (χ1v) is 11.2. The maximum Gasteiger partial charge on any atom is 0.433 e. The molecule has 2 aromatic heterocycles. The van der Waals surface area contributed by atoms with Crippen LogP contribution in [0.2, 0.25) is 0 Å². The molecule has 8 nitrogen and oxygen atoms in total. The lowest BCUT2D eigenvalue weighted by Gasteiger charge is -2.27. The van der Waals surface area contributed by atoms with Gasteiger partial charge in [0.05, 0.1) is 29.9 Å². The third kappa shape index (κ3) is 5.00. The molecule has 1 aliphatic carbocycles. The number of hydrogen-bond acceptors (Lipinski definition) is 6. The van der Waals surface area contributed by atoms with Gasteiger partial charge in [0.15, 0.2) is 0 Å². The maximum atomic E-state index is 13.1. The highest BCUT2D eigenvalue weighted by Crippen LogP contribution is 2.34. The van der Waals surface area contributed by atoms with Crippen molar-refractivity contribution in [3.8, 4) is 0 Å². The molecule has 11 heteroatoms. The molecule has 1 saturated carbocycles. The second-order valence-electron chi connectivity index (χ2n) is 8.66. The van der Waals surface area contributed by atoms with Gasteiger partial charge in [-0.15, -0.1) is 0 Å². The summed E-state index contributed by atoms with van der Waals surface area (Å²) < 4.78 is 45.9. The predicted molar refractivity (Wildman–Crippen MR) is 121 cm³/mol. The van der Waals surface area contributed by atoms with Crippen molar-refractivity contribution in [2.24, 2.45) is 5.92 Å². The first-order valence-electron chi connectivity index (χ1n) is 11.2. The quantitative estimate of drug-likeness (QED) is 0.538. The highest BCUT2D eigenvalue weighted by molar-refractivity contribution is 6.10. The molecule has 1 fully saturated rings. The number of anilines is 1. The summed E-state index contributed by atoms with van der Waals surface area (Å²) in [7, 11) is 2.56. The van der Waals surface area contributed by atoms with E-state index in [0.29, 0.717) is 10.9 Å². The normalized spacial score (nSPS) is 18.5. The number of alkyl halides is 3. The summed E-state index contributed by atoms with van der Waals surface area (Å²) in [4.78, 5) is 30.1. The molecule has 1 amide bonds. The summed E-state index contributed by atoms with van der Waals surface area (Å²) in [6.45, 7) is 0.167. The van der Waals surface area contributed by atoms with Gasteiger partial charge in [-0.05, 0) is 55.9 Å². The molecule has 0 atom stereocenters. The number of pyridine rings is 1. The van der Waals surface area contributed by atoms with Crippen molar-refractivity contribution in [3.05, 3.63) is 53.5 Å². The summed E-state index contributed by atoms with van der Waals surface area (Å²) in [6, 6.07) is 6.32. The predicted octanol–water partition coefficient (Wildman–Crippen LogP) is 4.24. The standard InChI is InChI=1S/C24H25F3N4O4/c1-30(22(33)18-4-3-5-21(28-18)24(25,26)27)20-10-15-12-31(16-8-6-14(13-32)7-9-16)29-19(15)11-17(20)23(34)35-2/h3-5,10-12,14,16,32H,6-9,13H2,1-2H3. The molecular weight excluding hydrogens is 465 g/mol. The molecule has 0 bridgehead atoms. The van der Waals surface area contributed by atoms with E-state index in [0.717, 1.165) is 42.7 Å². The molecule has 186 valence electrons. The minimum atomic E-state index is -4.70. The number of aliphatic hydroxyl groups excluding tert-OH is 1. The summed E-state index contributed by atoms with van der Waals surface area (Å²) in [5.74, 6) is -1.23. The van der Waals surface area contributed by atoms with Crippen LogP contribution in [0.4, 0.5) is 18.9 Å². The van der Waals surface area contributed by atoms with Crippen molar-refractivity contribution < 1.29 is 32.6 Å². The molecule has 0 spiro atoms. The molecule has 0 saturated heterocycles. The van der Waals surface area contributed by atoms with Crippen LogP contribution in [0.3, 0.4) is 0 Å². The van der Waals surface area contributed by atoms with Crippen LogP contribution in [0, 0.1) is 5.92 Å². The van der Waals surface area contributed by atoms with Crippen LogP contribution >= 0.6 is 0 Å². The number of methoxy groups -OCH3 is 1. The Morgan fingerprint density at radius 3 is 2.54 bits per heavy atom. The van der Waals surface area contributed by atoms with Crippen LogP contribution in [0.1, 0.15) is 58.3 Å². The van der Waals surface area contributed by atoms with Crippen LogP contribution in [0.25, 0.3) is 10.9 Å². The van der Waals surface area contributed by atoms with Gasteiger partial charge >= 0.3 is 12.1 Å². The van der Waals surface area contributed by atoms with Crippen molar-refractivity contribution in [2.45, 2.75) is 37.9 Å². The number of aliphatic hydroxyl groups is 1. The first kappa shape index (κ1) is 24.6. The number of amides is 1. The van der Waals surface area contributed by atoms with Gasteiger partial charge in [-0.25, -0.2) is 9.78 Å². The van der Waals surface area contributed by atoms with E-state index in [1.54, 1.807) is 6.07 Å². The summed E-state index contributed by atoms with van der Waals surface area (Å²) in [5.41, 5.74) is -0.849. The third-order valence-corrected chi connectivity index (χ3v) is 6.42. The van der Waals surface area contributed by atoms with E-state index in [-0.39, 0.29) is 29.8 Å². The molecule has 1 N–H and O–H groups in total. The Kier molecular flexibility index (Phi) is 6.79. The molecule has 4 rings (SSSR count). The Labute approximate surface area is 199 Å². The van der Waals surface area contributed by atoms with Crippen molar-refractivity contribution in [3.63, 3.8) is 0 Å². The molecule has 35 heavy (non-hydrogen) atoms. The van der Waals surface area contributed by atoms with E-state index < -0.39 is 29.4 Å². The second kappa shape index (κ2) is 9.65. The van der Waals surface area contributed by atoms with Gasteiger partial charge in [-0.1, -0.05) is 6.07 Å². The van der Waals surface area contributed by atoms with Gasteiger partial charge in [-0.2, -0.15) is 18.3 Å². The van der Waals surface area contributed by atoms with Gasteiger partial charge in [-0.3, -0.25) is 9.48 Å². The fraction of sp³-hybridized carbons (Fsp3) is 0.417. The lowest BCUT2D eigenvalue weighted by atomic mass is 9.87. The van der Waals surface area contributed by atoms with Gasteiger partial charge < -0.3 is 14.7 Å². The molecule has 1 aliphatic rings. The fourth-order valence-electron chi connectivity index (χ4n) is 4.40. The SMILES string of the molecule is COC(=O)c1cc2nn(C3CCC(CO)CC3)cc2cc1N(C)C(=O)c1cccc(C(F)(F)F)n1. The van der Waals surface area contributed by atoms with Crippen molar-refractivity contribution >= 4 is 28.5 Å². The first-order chi connectivity index (χ1) is 16.6. The Hall–Kier alpha value is -3.47. The van der Waals surface area contributed by atoms with Crippen molar-refractivity contribution in [1.82, 2.24) is 14.8 Å². The van der Waals surface area contributed by atoms with Crippen LogP contribution in [-0.4, -0.2) is 52.5 Å². The van der Waals surface area contributed by atoms with E-state index in [1.807, 2.05) is 10.9 Å². The number of ether oxygens (including phenoxy) is 1. The van der Waals surface area contributed by atoms with E-state index >= 15 is 0 Å². The lowest BCUT2D eigenvalue weighted by Crippen LogP contribution is -2.29. The van der Waals surface area contributed by atoms with Gasteiger partial charge in [0.1, 0.15) is 11.4 Å². The zero-order valence-corrected chi connectivity index (χ0v) is 19.2. The highest BCUT2D eigenvalue weighted by atomic mass is 19.4. The Balaban J connectivity index is 1.70. The second-order valence-corrected chi connectivity index (χ2v) is 8.66. The smallest absolute Gasteiger partial charge is 0.433 e. The fourth-order valence-corrected chi connectivity index (χ4v) is 4.40. The number of carbonyl (C=O) groups excluding carboxylic acids is 2. The average Bonchev–Trinajstić information content (AvgIpc) is 3.29. The number of aromatic nitrogens is 3. The minimum absolute atomic E-state index is 0.0528. The lowest BCUT2D eigenvalue weighted by molar-refractivity contribution is -0.141. The van der Waals surface area contributed by atoms with Crippen LogP contribution in [0.5, 0.6) is 0 Å². The highest BCUT2D eigenvalue weighted by Gasteiger charge is 2.33. The van der Waals surface area contributed by atoms with E-state index in [4.69, 9.17) is 4.74 Å². The number of halogens is 3. The molecule has 0 radical (unpaired) electrons. The van der Waals surface area contributed by atoms with E-state index in [9.17, 15) is 27.9 Å². The number of benzene rings is 1. The summed E-state index contributed by atoms with van der Waals surface area (Å²) >= 11 is 0. The minimum Gasteiger partial charge on any atom is -0.465 e. The van der Waals surface area contributed by atoms with E-state index in [2.05, 4.69) is 10.1 Å². The van der Waals surface area contributed by atoms with Crippen LogP contribution in [-0.2, 0) is 10.9 Å². The number of carbonyl (C=O) groups is 2. The summed E-state index contributed by atoms with van der Waals surface area (Å²) in [6.07, 6.45) is 0.611. The largest absolute Gasteiger partial charge is 0.465 e. The average molecular weight is 490 g/mol. The maximum absolute atomic E-state index is 13.1. The molecule has 0 aliphatic heterocycles. The van der Waals surface area contributed by atoms with Gasteiger partial charge in [0.2, 0.25) is 0 Å². The zero-order valence-electron chi connectivity index (χ0n) is 19.2. The molecule has 3 aromatic rings. The number of hydrogen-bond donors (Lipinski definition) is 1. The number of fused-ring (bicyclic) bond motifs is 1. The number of rotatable bonds is 5. The van der Waals surface area contributed by atoms with Gasteiger partial charge in [0, 0.05) is 25.2 Å².